The summed E-state index contributed by atoms with van der Waals surface area (Å²) in [5.41, 5.74) is 10.2. The second kappa shape index (κ2) is 9.22. The molecule has 0 amide bonds. The van der Waals surface area contributed by atoms with Crippen LogP contribution in [0.2, 0.25) is 0 Å². The summed E-state index contributed by atoms with van der Waals surface area (Å²) in [6.07, 6.45) is 3.46. The van der Waals surface area contributed by atoms with Gasteiger partial charge in [0.1, 0.15) is 6.10 Å². The number of nitrogens with one attached hydrogen (secondary N) is 2. The quantitative estimate of drug-likeness (QED) is 0.311. The maximum Gasteiger partial charge on any atom is 0.238 e. The van der Waals surface area contributed by atoms with Gasteiger partial charge in [-0.25, -0.2) is 19.4 Å². The molecule has 8 N–H and O–H groups in total. The number of rotatable bonds is 5. The molecule has 1 saturated heterocycles. The lowest BCUT2D eigenvalue weighted by Gasteiger charge is -2.46. The van der Waals surface area contributed by atoms with Crippen LogP contribution in [0.5, 0.6) is 0 Å². The van der Waals surface area contributed by atoms with Crippen LogP contribution >= 0.6 is 0 Å². The zero-order valence-electron chi connectivity index (χ0n) is 19.3. The lowest BCUT2D eigenvalue weighted by molar-refractivity contribution is -0.0550. The van der Waals surface area contributed by atoms with Crippen molar-refractivity contribution in [3.63, 3.8) is 0 Å². The summed E-state index contributed by atoms with van der Waals surface area (Å²) in [7, 11) is -3.72. The number of morpholine rings is 1. The maximum atomic E-state index is 11.5. The van der Waals surface area contributed by atoms with E-state index in [9.17, 15) is 8.42 Å². The lowest BCUT2D eigenvalue weighted by Crippen LogP contribution is -2.64. The van der Waals surface area contributed by atoms with Crippen LogP contribution in [0.4, 0.5) is 5.69 Å². The minimum absolute atomic E-state index is 0.0356. The normalized spacial score (nSPS) is 25.7. The van der Waals surface area contributed by atoms with Gasteiger partial charge in [-0.2, -0.15) is 5.10 Å². The van der Waals surface area contributed by atoms with E-state index in [1.54, 1.807) is 23.3 Å². The Labute approximate surface area is 203 Å². The van der Waals surface area contributed by atoms with Crippen molar-refractivity contribution in [2.75, 3.05) is 18.0 Å². The van der Waals surface area contributed by atoms with Crippen LogP contribution in [0.25, 0.3) is 10.9 Å². The molecule has 2 aromatic carbocycles. The number of aromatic nitrogens is 2. The monoisotopic (exact) mass is 498 g/mol. The van der Waals surface area contributed by atoms with Gasteiger partial charge in [0.05, 0.1) is 28.4 Å². The van der Waals surface area contributed by atoms with Gasteiger partial charge in [0.15, 0.2) is 6.29 Å². The molecule has 5 rings (SSSR count). The van der Waals surface area contributed by atoms with Gasteiger partial charge < -0.3 is 15.0 Å². The number of H-pyrrole nitrogens is 1. The van der Waals surface area contributed by atoms with Crippen LogP contribution in [-0.2, 0) is 21.2 Å². The van der Waals surface area contributed by atoms with Crippen LogP contribution in [0.15, 0.2) is 65.3 Å². The summed E-state index contributed by atoms with van der Waals surface area (Å²) in [5.74, 6) is 6.49. The smallest absolute Gasteiger partial charge is 0.238 e. The van der Waals surface area contributed by atoms with Gasteiger partial charge in [-0.15, -0.1) is 0 Å². The summed E-state index contributed by atoms with van der Waals surface area (Å²) in [6, 6.07) is 12.6. The molecule has 3 heterocycles. The second-order valence-corrected chi connectivity index (χ2v) is 10.6. The Bertz CT molecular complexity index is 1340. The van der Waals surface area contributed by atoms with E-state index >= 15 is 0 Å². The highest BCUT2D eigenvalue weighted by atomic mass is 32.2. The van der Waals surface area contributed by atoms with Crippen LogP contribution in [0, 0.1) is 0 Å². The average molecular weight is 499 g/mol. The summed E-state index contributed by atoms with van der Waals surface area (Å²) in [6.45, 7) is 3.30. The van der Waals surface area contributed by atoms with E-state index in [4.69, 9.17) is 21.5 Å². The van der Waals surface area contributed by atoms with Crippen LogP contribution in [0.1, 0.15) is 12.5 Å². The molecule has 2 aliphatic heterocycles. The number of nitrogens with two attached hydrogens (primary N) is 3. The standard InChI is InChI=1S/C23H30N8O3S/c1-14-22(34-18(13-27-14)10-15-2-6-19(7-3-15)35(26,32)33)21-8-9-30(23(24)31(21)25)17-5-4-16-12-28-29-20(16)11-17/h2-8,11-12,14,18,22-23,27H,9-10,13,24-25H2,1H3,(H,28,29)(H2,26,32,33)/t14-,18+,22?,23?/m1/s1. The number of sulfonamides is 1. The first-order valence-corrected chi connectivity index (χ1v) is 13.0. The van der Waals surface area contributed by atoms with Gasteiger partial charge in [-0.3, -0.25) is 15.8 Å². The first-order valence-electron chi connectivity index (χ1n) is 11.4. The summed E-state index contributed by atoms with van der Waals surface area (Å²) in [4.78, 5) is 2.10. The number of hydrogen-bond acceptors (Lipinski definition) is 9. The van der Waals surface area contributed by atoms with Crippen LogP contribution < -0.4 is 26.9 Å². The fraction of sp³-hybridized carbons (Fsp3) is 0.348. The molecule has 0 spiro atoms. The number of nitrogens with zero attached hydrogens (tertiary/aromatic N) is 3. The van der Waals surface area contributed by atoms with Crippen molar-refractivity contribution in [3.05, 3.63) is 66.0 Å². The summed E-state index contributed by atoms with van der Waals surface area (Å²) in [5, 5.41) is 18.3. The second-order valence-electron chi connectivity index (χ2n) is 9.01. The third-order valence-corrected chi connectivity index (χ3v) is 7.55. The van der Waals surface area contributed by atoms with E-state index in [-0.39, 0.29) is 23.1 Å². The Balaban J connectivity index is 1.31. The third-order valence-electron chi connectivity index (χ3n) is 6.62. The molecule has 4 atom stereocenters. The number of hydrazine groups is 1. The highest BCUT2D eigenvalue weighted by Gasteiger charge is 2.37. The molecule has 3 aromatic rings. The molecule has 186 valence electrons. The van der Waals surface area contributed by atoms with Gasteiger partial charge >= 0.3 is 0 Å². The molecular weight excluding hydrogens is 468 g/mol. The van der Waals surface area contributed by atoms with E-state index in [1.165, 1.54) is 12.1 Å². The van der Waals surface area contributed by atoms with Crippen molar-refractivity contribution in [2.24, 2.45) is 16.7 Å². The largest absolute Gasteiger partial charge is 0.365 e. The van der Waals surface area contributed by atoms with Crippen molar-refractivity contribution < 1.29 is 13.2 Å². The van der Waals surface area contributed by atoms with Gasteiger partial charge in [0, 0.05) is 30.2 Å². The molecule has 11 nitrogen and oxygen atoms in total. The number of fused-ring (bicyclic) bond motifs is 1. The molecule has 0 bridgehead atoms. The Morgan fingerprint density at radius 3 is 2.71 bits per heavy atom. The van der Waals surface area contributed by atoms with E-state index in [2.05, 4.69) is 22.4 Å². The average Bonchev–Trinajstić information content (AvgIpc) is 3.30. The van der Waals surface area contributed by atoms with Crippen molar-refractivity contribution in [1.29, 1.82) is 0 Å². The Morgan fingerprint density at radius 1 is 1.20 bits per heavy atom. The SMILES string of the molecule is C[C@H]1NC[C@H](Cc2ccc(S(N)(=O)=O)cc2)OC1C1=CCN(c2ccc3cn[nH]c3c2)C(N)N1N. The topological polar surface area (TPSA) is 169 Å². The summed E-state index contributed by atoms with van der Waals surface area (Å²) < 4.78 is 29.5. The number of ether oxygens (including phenoxy) is 1. The van der Waals surface area contributed by atoms with E-state index in [0.29, 0.717) is 19.5 Å². The fourth-order valence-electron chi connectivity index (χ4n) is 4.66. The number of primary sulfonamides is 1. The van der Waals surface area contributed by atoms with Gasteiger partial charge in [0.2, 0.25) is 10.0 Å². The number of hydrogen-bond donors (Lipinski definition) is 5. The minimum Gasteiger partial charge on any atom is -0.365 e. The minimum atomic E-state index is -3.72. The first-order chi connectivity index (χ1) is 16.7. The Kier molecular flexibility index (Phi) is 6.25. The van der Waals surface area contributed by atoms with Crippen LogP contribution in [0.3, 0.4) is 0 Å². The summed E-state index contributed by atoms with van der Waals surface area (Å²) >= 11 is 0. The van der Waals surface area contributed by atoms with Crippen molar-refractivity contribution in [3.8, 4) is 0 Å². The molecular formula is C23H30N8O3S. The van der Waals surface area contributed by atoms with Gasteiger partial charge in [-0.1, -0.05) is 12.1 Å². The molecule has 2 unspecified atom stereocenters. The maximum absolute atomic E-state index is 11.5. The molecule has 1 fully saturated rings. The number of aromatic amines is 1. The molecule has 0 aliphatic carbocycles. The molecule has 0 radical (unpaired) electrons. The molecule has 0 saturated carbocycles. The van der Waals surface area contributed by atoms with Crippen molar-refractivity contribution >= 4 is 26.6 Å². The van der Waals surface area contributed by atoms with Gasteiger partial charge in [-0.05, 0) is 55.3 Å². The Morgan fingerprint density at radius 2 is 1.97 bits per heavy atom. The Hall–Kier alpha value is -3.00. The van der Waals surface area contributed by atoms with Crippen molar-refractivity contribution in [1.82, 2.24) is 20.5 Å². The van der Waals surface area contributed by atoms with E-state index < -0.39 is 16.3 Å². The zero-order valence-corrected chi connectivity index (χ0v) is 20.2. The highest BCUT2D eigenvalue weighted by molar-refractivity contribution is 7.89. The van der Waals surface area contributed by atoms with Gasteiger partial charge in [0.25, 0.3) is 0 Å². The molecule has 12 heteroatoms. The number of benzene rings is 2. The molecule has 35 heavy (non-hydrogen) atoms. The molecule has 2 aliphatic rings. The first kappa shape index (κ1) is 23.7. The fourth-order valence-corrected chi connectivity index (χ4v) is 5.17. The van der Waals surface area contributed by atoms with Crippen molar-refractivity contribution in [2.45, 2.75) is 42.8 Å². The molecule has 1 aromatic heterocycles. The van der Waals surface area contributed by atoms with E-state index in [0.717, 1.165) is 27.9 Å². The lowest BCUT2D eigenvalue weighted by atomic mass is 10.0. The third kappa shape index (κ3) is 4.76. The predicted octanol–water partition coefficient (Wildman–Crippen LogP) is 0.320. The van der Waals surface area contributed by atoms with Crippen LogP contribution in [-0.4, -0.2) is 61.3 Å². The number of anilines is 1. The highest BCUT2D eigenvalue weighted by Crippen LogP contribution is 2.29. The zero-order chi connectivity index (χ0) is 24.7. The van der Waals surface area contributed by atoms with E-state index in [1.807, 2.05) is 29.2 Å². The predicted molar refractivity (Wildman–Crippen MR) is 133 cm³/mol.